The van der Waals surface area contributed by atoms with E-state index < -0.39 is 11.8 Å². The zero-order chi connectivity index (χ0) is 12.5. The van der Waals surface area contributed by atoms with Gasteiger partial charge in [-0.3, -0.25) is 0 Å². The summed E-state index contributed by atoms with van der Waals surface area (Å²) in [6, 6.07) is 5.04. The summed E-state index contributed by atoms with van der Waals surface area (Å²) in [7, 11) is 0. The lowest BCUT2D eigenvalue weighted by atomic mass is 9.92. The molecule has 2 heteroatoms. The lowest BCUT2D eigenvalue weighted by Gasteiger charge is -2.18. The zero-order valence-corrected chi connectivity index (χ0v) is 10.3. The molecule has 16 heavy (non-hydrogen) atoms. The Morgan fingerprint density at radius 2 is 1.88 bits per heavy atom. The fraction of sp³-hybridized carbons (Fsp3) is 0.429. The number of hydrogen-bond donors (Lipinski definition) is 0. The molecule has 0 heterocycles. The van der Waals surface area contributed by atoms with Crippen LogP contribution in [-0.2, 0) is 5.67 Å². The smallest absolute Gasteiger partial charge is 0.130 e. The normalized spacial score (nSPS) is 13.6. The fourth-order valence-electron chi connectivity index (χ4n) is 1.47. The van der Waals surface area contributed by atoms with Gasteiger partial charge in [-0.1, -0.05) is 12.2 Å². The molecule has 0 amide bonds. The average Bonchev–Trinajstić information content (AvgIpc) is 2.15. The number of halogens is 2. The van der Waals surface area contributed by atoms with Crippen molar-refractivity contribution < 1.29 is 8.78 Å². The van der Waals surface area contributed by atoms with Crippen LogP contribution in [0.3, 0.4) is 0 Å². The summed E-state index contributed by atoms with van der Waals surface area (Å²) in [5.41, 5.74) is 1.14. The van der Waals surface area contributed by atoms with Crippen molar-refractivity contribution in [2.45, 2.75) is 39.5 Å². The SMILES string of the molecule is C=C(C)c1cc(C(C)F)cc(C(C)(C)F)c1. The predicted molar refractivity (Wildman–Crippen MR) is 64.8 cm³/mol. The topological polar surface area (TPSA) is 0 Å². The minimum atomic E-state index is -1.46. The summed E-state index contributed by atoms with van der Waals surface area (Å²) in [6.45, 7) is 10.0. The van der Waals surface area contributed by atoms with Crippen LogP contribution in [0.1, 0.15) is 50.6 Å². The molecule has 1 aromatic carbocycles. The van der Waals surface area contributed by atoms with Gasteiger partial charge in [0.05, 0.1) is 0 Å². The Morgan fingerprint density at radius 1 is 1.31 bits per heavy atom. The van der Waals surface area contributed by atoms with Crippen molar-refractivity contribution in [3.05, 3.63) is 41.5 Å². The minimum absolute atomic E-state index is 0.493. The van der Waals surface area contributed by atoms with Crippen molar-refractivity contribution in [3.8, 4) is 0 Å². The molecule has 1 rings (SSSR count). The average molecular weight is 224 g/mol. The highest BCUT2D eigenvalue weighted by molar-refractivity contribution is 5.63. The van der Waals surface area contributed by atoms with Crippen LogP contribution in [0.5, 0.6) is 0 Å². The lowest BCUT2D eigenvalue weighted by molar-refractivity contribution is 0.221. The molecule has 0 aromatic heterocycles. The highest BCUT2D eigenvalue weighted by atomic mass is 19.1. The Kier molecular flexibility index (Phi) is 3.51. The van der Waals surface area contributed by atoms with Crippen LogP contribution in [-0.4, -0.2) is 0 Å². The first-order chi connectivity index (χ1) is 7.21. The second-order valence-corrected chi connectivity index (χ2v) is 4.71. The van der Waals surface area contributed by atoms with E-state index in [1.807, 2.05) is 6.92 Å². The van der Waals surface area contributed by atoms with Gasteiger partial charge in [-0.05, 0) is 62.6 Å². The van der Waals surface area contributed by atoms with Gasteiger partial charge in [0, 0.05) is 0 Å². The van der Waals surface area contributed by atoms with Crippen molar-refractivity contribution in [1.29, 1.82) is 0 Å². The van der Waals surface area contributed by atoms with E-state index in [0.717, 1.165) is 11.1 Å². The third-order valence-corrected chi connectivity index (χ3v) is 2.59. The monoisotopic (exact) mass is 224 g/mol. The lowest BCUT2D eigenvalue weighted by Crippen LogP contribution is -2.10. The van der Waals surface area contributed by atoms with Crippen molar-refractivity contribution in [1.82, 2.24) is 0 Å². The highest BCUT2D eigenvalue weighted by Gasteiger charge is 2.21. The molecule has 0 radical (unpaired) electrons. The molecule has 0 fully saturated rings. The number of hydrogen-bond acceptors (Lipinski definition) is 0. The summed E-state index contributed by atoms with van der Waals surface area (Å²) in [6.07, 6.45) is -1.10. The molecule has 0 aliphatic carbocycles. The predicted octanol–water partition coefficient (Wildman–Crippen LogP) is 4.95. The van der Waals surface area contributed by atoms with Gasteiger partial charge >= 0.3 is 0 Å². The van der Waals surface area contributed by atoms with E-state index in [1.165, 1.54) is 20.8 Å². The Hall–Kier alpha value is -1.18. The third-order valence-electron chi connectivity index (χ3n) is 2.59. The first-order valence-electron chi connectivity index (χ1n) is 5.36. The molecule has 0 aliphatic rings. The number of alkyl halides is 2. The maximum Gasteiger partial charge on any atom is 0.130 e. The van der Waals surface area contributed by atoms with Crippen molar-refractivity contribution in [3.63, 3.8) is 0 Å². The van der Waals surface area contributed by atoms with Gasteiger partial charge in [0.25, 0.3) is 0 Å². The molecule has 1 unspecified atom stereocenters. The highest BCUT2D eigenvalue weighted by Crippen LogP contribution is 2.31. The van der Waals surface area contributed by atoms with Crippen LogP contribution < -0.4 is 0 Å². The standard InChI is InChI=1S/C14H18F2/c1-9(2)11-6-12(10(3)15)8-13(7-11)14(4,5)16/h6-8,10H,1H2,2-5H3. The summed E-state index contributed by atoms with van der Waals surface area (Å²) in [5.74, 6) is 0. The van der Waals surface area contributed by atoms with Crippen LogP contribution >= 0.6 is 0 Å². The van der Waals surface area contributed by atoms with E-state index in [2.05, 4.69) is 6.58 Å². The molecule has 88 valence electrons. The van der Waals surface area contributed by atoms with Gasteiger partial charge in [-0.2, -0.15) is 0 Å². The van der Waals surface area contributed by atoms with Gasteiger partial charge in [0.2, 0.25) is 0 Å². The van der Waals surface area contributed by atoms with E-state index in [4.69, 9.17) is 0 Å². The van der Waals surface area contributed by atoms with E-state index in [-0.39, 0.29) is 0 Å². The van der Waals surface area contributed by atoms with Crippen LogP contribution in [0.2, 0.25) is 0 Å². The second-order valence-electron chi connectivity index (χ2n) is 4.71. The van der Waals surface area contributed by atoms with Gasteiger partial charge in [0.15, 0.2) is 0 Å². The molecule has 0 bridgehead atoms. The van der Waals surface area contributed by atoms with Gasteiger partial charge < -0.3 is 0 Å². The number of benzene rings is 1. The third kappa shape index (κ3) is 2.91. The largest absolute Gasteiger partial charge is 0.243 e. The van der Waals surface area contributed by atoms with E-state index >= 15 is 0 Å². The van der Waals surface area contributed by atoms with Crippen molar-refractivity contribution >= 4 is 5.57 Å². The maximum absolute atomic E-state index is 13.9. The molecule has 0 N–H and O–H groups in total. The molecule has 1 aromatic rings. The molecule has 1 atom stereocenters. The van der Waals surface area contributed by atoms with Crippen LogP contribution in [0.25, 0.3) is 5.57 Å². The summed E-state index contributed by atoms with van der Waals surface area (Å²) >= 11 is 0. The van der Waals surface area contributed by atoms with Crippen LogP contribution in [0.4, 0.5) is 8.78 Å². The summed E-state index contributed by atoms with van der Waals surface area (Å²) in [5, 5.41) is 0. The first kappa shape index (κ1) is 12.9. The number of rotatable bonds is 3. The summed E-state index contributed by atoms with van der Waals surface area (Å²) < 4.78 is 27.1. The molecule has 0 saturated heterocycles. The van der Waals surface area contributed by atoms with E-state index in [1.54, 1.807) is 18.2 Å². The van der Waals surface area contributed by atoms with E-state index in [9.17, 15) is 8.78 Å². The Labute approximate surface area is 96.0 Å². The van der Waals surface area contributed by atoms with Crippen molar-refractivity contribution in [2.75, 3.05) is 0 Å². The van der Waals surface area contributed by atoms with Gasteiger partial charge in [0.1, 0.15) is 11.8 Å². The molecule has 0 saturated carbocycles. The molecule has 0 aliphatic heterocycles. The van der Waals surface area contributed by atoms with Gasteiger partial charge in [-0.15, -0.1) is 0 Å². The quantitative estimate of drug-likeness (QED) is 0.681. The van der Waals surface area contributed by atoms with Gasteiger partial charge in [-0.25, -0.2) is 8.78 Å². The van der Waals surface area contributed by atoms with Crippen LogP contribution in [0.15, 0.2) is 24.8 Å². The van der Waals surface area contributed by atoms with Crippen LogP contribution in [0, 0.1) is 0 Å². The molecule has 0 nitrogen and oxygen atoms in total. The molecular weight excluding hydrogens is 206 g/mol. The summed E-state index contributed by atoms with van der Waals surface area (Å²) in [4.78, 5) is 0. The Balaban J connectivity index is 3.36. The minimum Gasteiger partial charge on any atom is -0.243 e. The first-order valence-corrected chi connectivity index (χ1v) is 5.36. The maximum atomic E-state index is 13.9. The Morgan fingerprint density at radius 3 is 2.25 bits per heavy atom. The molecule has 0 spiro atoms. The Bertz CT molecular complexity index is 398. The van der Waals surface area contributed by atoms with E-state index in [0.29, 0.717) is 11.1 Å². The van der Waals surface area contributed by atoms with Crippen molar-refractivity contribution in [2.24, 2.45) is 0 Å². The second kappa shape index (κ2) is 4.36. The number of allylic oxidation sites excluding steroid dienone is 1. The zero-order valence-electron chi connectivity index (χ0n) is 10.3. The molecular formula is C14H18F2. The fourth-order valence-corrected chi connectivity index (χ4v) is 1.47.